The lowest BCUT2D eigenvalue weighted by atomic mass is 10.2. The number of rotatable bonds is 7. The Labute approximate surface area is 210 Å². The Morgan fingerprint density at radius 1 is 1.09 bits per heavy atom. The first-order valence-corrected chi connectivity index (χ1v) is 10.6. The Morgan fingerprint density at radius 2 is 1.85 bits per heavy atom. The third-order valence-electron chi connectivity index (χ3n) is 5.13. The summed E-state index contributed by atoms with van der Waals surface area (Å²) in [5.41, 5.74) is 1.28. The van der Waals surface area contributed by atoms with Gasteiger partial charge in [-0.3, -0.25) is 9.79 Å². The SMILES string of the molecule is CCNC(=O)COc1cccc(CNC(=NC)N2CCN(c3cc(F)ccc3F)CC2)c1.I. The summed E-state index contributed by atoms with van der Waals surface area (Å²) in [5, 5.41) is 6.02. The van der Waals surface area contributed by atoms with Gasteiger partial charge in [-0.25, -0.2) is 8.78 Å². The van der Waals surface area contributed by atoms with E-state index < -0.39 is 11.6 Å². The maximum Gasteiger partial charge on any atom is 0.257 e. The van der Waals surface area contributed by atoms with E-state index in [0.29, 0.717) is 45.0 Å². The highest BCUT2D eigenvalue weighted by atomic mass is 127. The number of aliphatic imine (C=N–C) groups is 1. The zero-order chi connectivity index (χ0) is 22.9. The molecule has 7 nitrogen and oxygen atoms in total. The lowest BCUT2D eigenvalue weighted by molar-refractivity contribution is -0.122. The van der Waals surface area contributed by atoms with Crippen molar-refractivity contribution in [1.82, 2.24) is 15.5 Å². The smallest absolute Gasteiger partial charge is 0.257 e. The lowest BCUT2D eigenvalue weighted by Crippen LogP contribution is -2.52. The third kappa shape index (κ3) is 7.72. The van der Waals surface area contributed by atoms with Crippen LogP contribution in [0.1, 0.15) is 12.5 Å². The van der Waals surface area contributed by atoms with Crippen LogP contribution >= 0.6 is 24.0 Å². The molecular formula is C23H30F2IN5O2. The highest BCUT2D eigenvalue weighted by Crippen LogP contribution is 2.22. The first-order valence-electron chi connectivity index (χ1n) is 10.6. The Morgan fingerprint density at radius 3 is 2.55 bits per heavy atom. The van der Waals surface area contributed by atoms with Gasteiger partial charge in [0.2, 0.25) is 0 Å². The lowest BCUT2D eigenvalue weighted by Gasteiger charge is -2.37. The molecule has 1 aliphatic rings. The fourth-order valence-electron chi connectivity index (χ4n) is 3.54. The molecule has 0 atom stereocenters. The van der Waals surface area contributed by atoms with Gasteiger partial charge in [-0.1, -0.05) is 12.1 Å². The van der Waals surface area contributed by atoms with E-state index in [1.807, 2.05) is 36.1 Å². The number of hydrogen-bond donors (Lipinski definition) is 2. The van der Waals surface area contributed by atoms with E-state index in [1.54, 1.807) is 7.05 Å². The number of anilines is 1. The molecule has 1 aliphatic heterocycles. The monoisotopic (exact) mass is 573 g/mol. The van der Waals surface area contributed by atoms with Gasteiger partial charge in [0.1, 0.15) is 17.4 Å². The number of guanidine groups is 1. The summed E-state index contributed by atoms with van der Waals surface area (Å²) in [7, 11) is 1.72. The first-order chi connectivity index (χ1) is 15.5. The standard InChI is InChI=1S/C23H29F2N5O2.HI/c1-3-27-22(31)16-32-19-6-4-5-17(13-19)15-28-23(26-2)30-11-9-29(10-12-30)21-14-18(24)7-8-20(21)25;/h4-8,13-14H,3,9-12,15-16H2,1-2H3,(H,26,28)(H,27,31);1H. The molecule has 180 valence electrons. The maximum atomic E-state index is 14.1. The van der Waals surface area contributed by atoms with Crippen molar-refractivity contribution in [3.63, 3.8) is 0 Å². The molecule has 0 saturated carbocycles. The van der Waals surface area contributed by atoms with Crippen molar-refractivity contribution in [2.75, 3.05) is 51.3 Å². The van der Waals surface area contributed by atoms with Crippen LogP contribution in [0.2, 0.25) is 0 Å². The van der Waals surface area contributed by atoms with Gasteiger partial charge in [0.05, 0.1) is 5.69 Å². The molecule has 0 spiro atoms. The van der Waals surface area contributed by atoms with Crippen molar-refractivity contribution >= 4 is 41.5 Å². The van der Waals surface area contributed by atoms with Crippen LogP contribution in [0.5, 0.6) is 5.75 Å². The number of likely N-dealkylation sites (N-methyl/N-ethyl adjacent to an activating group) is 1. The minimum Gasteiger partial charge on any atom is -0.484 e. The van der Waals surface area contributed by atoms with Crippen LogP contribution in [0.4, 0.5) is 14.5 Å². The number of carbonyl (C=O) groups is 1. The fourth-order valence-corrected chi connectivity index (χ4v) is 3.54. The summed E-state index contributed by atoms with van der Waals surface area (Å²) in [4.78, 5) is 19.9. The van der Waals surface area contributed by atoms with Gasteiger partial charge in [-0.2, -0.15) is 0 Å². The maximum absolute atomic E-state index is 14.1. The second kappa shape index (κ2) is 13.2. The molecule has 1 heterocycles. The minimum atomic E-state index is -0.446. The third-order valence-corrected chi connectivity index (χ3v) is 5.13. The van der Waals surface area contributed by atoms with Crippen LogP contribution < -0.4 is 20.3 Å². The summed E-state index contributed by atoms with van der Waals surface area (Å²) in [6.45, 7) is 5.31. The van der Waals surface area contributed by atoms with Crippen molar-refractivity contribution in [2.45, 2.75) is 13.5 Å². The number of benzene rings is 2. The predicted octanol–water partition coefficient (Wildman–Crippen LogP) is 3.00. The highest BCUT2D eigenvalue weighted by Gasteiger charge is 2.22. The van der Waals surface area contributed by atoms with Crippen molar-refractivity contribution in [1.29, 1.82) is 0 Å². The molecule has 1 fully saturated rings. The van der Waals surface area contributed by atoms with Gasteiger partial charge in [0.15, 0.2) is 12.6 Å². The van der Waals surface area contributed by atoms with E-state index in [0.717, 1.165) is 23.7 Å². The normalized spacial score (nSPS) is 13.9. The molecule has 2 aromatic carbocycles. The quantitative estimate of drug-likeness (QED) is 0.303. The van der Waals surface area contributed by atoms with E-state index in [4.69, 9.17) is 4.74 Å². The number of amides is 1. The second-order valence-electron chi connectivity index (χ2n) is 7.36. The van der Waals surface area contributed by atoms with E-state index in [9.17, 15) is 13.6 Å². The average molecular weight is 573 g/mol. The molecule has 2 aromatic rings. The summed E-state index contributed by atoms with van der Waals surface area (Å²) in [6, 6.07) is 11.0. The van der Waals surface area contributed by atoms with Gasteiger partial charge in [-0.15, -0.1) is 24.0 Å². The van der Waals surface area contributed by atoms with E-state index in [-0.39, 0.29) is 42.2 Å². The summed E-state index contributed by atoms with van der Waals surface area (Å²) < 4.78 is 33.1. The van der Waals surface area contributed by atoms with E-state index >= 15 is 0 Å². The molecule has 0 aliphatic carbocycles. The number of hydrogen-bond acceptors (Lipinski definition) is 4. The number of ether oxygens (including phenoxy) is 1. The number of piperazine rings is 1. The van der Waals surface area contributed by atoms with Crippen LogP contribution in [0.15, 0.2) is 47.5 Å². The van der Waals surface area contributed by atoms with Crippen molar-refractivity contribution in [3.8, 4) is 5.75 Å². The molecule has 1 amide bonds. The van der Waals surface area contributed by atoms with E-state index in [2.05, 4.69) is 20.5 Å². The molecule has 0 radical (unpaired) electrons. The molecule has 33 heavy (non-hydrogen) atoms. The Hall–Kier alpha value is -2.63. The Bertz CT molecular complexity index is 952. The molecule has 0 aromatic heterocycles. The molecule has 3 rings (SSSR count). The number of halogens is 3. The molecule has 2 N–H and O–H groups in total. The van der Waals surface area contributed by atoms with Crippen molar-refractivity contribution in [3.05, 3.63) is 59.7 Å². The zero-order valence-corrected chi connectivity index (χ0v) is 21.1. The molecule has 1 saturated heterocycles. The van der Waals surface area contributed by atoms with Gasteiger partial charge in [-0.05, 0) is 36.8 Å². The highest BCUT2D eigenvalue weighted by molar-refractivity contribution is 14.0. The van der Waals surface area contributed by atoms with Crippen molar-refractivity contribution in [2.24, 2.45) is 4.99 Å². The first kappa shape index (κ1) is 26.6. The summed E-state index contributed by atoms with van der Waals surface area (Å²) >= 11 is 0. The van der Waals surface area contributed by atoms with Crippen LogP contribution in [-0.4, -0.2) is 63.1 Å². The van der Waals surface area contributed by atoms with Gasteiger partial charge in [0, 0.05) is 52.4 Å². The zero-order valence-electron chi connectivity index (χ0n) is 18.8. The minimum absolute atomic E-state index is 0. The van der Waals surface area contributed by atoms with Gasteiger partial charge >= 0.3 is 0 Å². The largest absolute Gasteiger partial charge is 0.484 e. The number of nitrogens with zero attached hydrogens (tertiary/aromatic N) is 3. The number of carbonyl (C=O) groups excluding carboxylic acids is 1. The Kier molecular flexibility index (Phi) is 10.6. The summed E-state index contributed by atoms with van der Waals surface area (Å²) in [5.74, 6) is 0.332. The number of nitrogens with one attached hydrogen (secondary N) is 2. The van der Waals surface area contributed by atoms with Gasteiger partial charge in [0.25, 0.3) is 5.91 Å². The topological polar surface area (TPSA) is 69.2 Å². The van der Waals surface area contributed by atoms with Crippen LogP contribution in [0.25, 0.3) is 0 Å². The molecular weight excluding hydrogens is 543 g/mol. The van der Waals surface area contributed by atoms with Crippen LogP contribution in [-0.2, 0) is 11.3 Å². The van der Waals surface area contributed by atoms with Crippen LogP contribution in [0, 0.1) is 11.6 Å². The molecule has 10 heteroatoms. The molecule has 0 bridgehead atoms. The Balaban J connectivity index is 0.00000385. The molecule has 0 unspecified atom stereocenters. The second-order valence-corrected chi connectivity index (χ2v) is 7.36. The predicted molar refractivity (Wildman–Crippen MR) is 136 cm³/mol. The fraction of sp³-hybridized carbons (Fsp3) is 0.391. The van der Waals surface area contributed by atoms with E-state index in [1.165, 1.54) is 6.07 Å². The van der Waals surface area contributed by atoms with Gasteiger partial charge < -0.3 is 25.2 Å². The van der Waals surface area contributed by atoms with Crippen LogP contribution in [0.3, 0.4) is 0 Å². The summed E-state index contributed by atoms with van der Waals surface area (Å²) in [6.07, 6.45) is 0. The average Bonchev–Trinajstić information content (AvgIpc) is 2.81. The van der Waals surface area contributed by atoms with Crippen molar-refractivity contribution < 1.29 is 18.3 Å².